The molecule has 3 rings (SSSR count). The third kappa shape index (κ3) is 3.11. The van der Waals surface area contributed by atoms with Crippen LogP contribution in [0, 0.1) is 0 Å². The first-order valence-corrected chi connectivity index (χ1v) is 7.33. The van der Waals surface area contributed by atoms with Crippen LogP contribution in [0.5, 0.6) is 11.5 Å². The quantitative estimate of drug-likeness (QED) is 0.862. The van der Waals surface area contributed by atoms with Crippen LogP contribution in [0.3, 0.4) is 0 Å². The molecular formula is C15H20N2O4. The maximum atomic E-state index is 11.7. The molecule has 0 bridgehead atoms. The molecule has 0 aliphatic carbocycles. The van der Waals surface area contributed by atoms with Crippen LogP contribution in [0.25, 0.3) is 0 Å². The molecule has 0 amide bonds. The number of hydrogen-bond acceptors (Lipinski definition) is 5. The first-order chi connectivity index (χ1) is 10.3. The molecule has 2 aliphatic rings. The molecule has 1 aromatic rings. The number of carbonyl (C=O) groups is 1. The Morgan fingerprint density at radius 1 is 1.19 bits per heavy atom. The van der Waals surface area contributed by atoms with Gasteiger partial charge in [0.05, 0.1) is 13.2 Å². The lowest BCUT2D eigenvalue weighted by atomic mass is 10.0. The van der Waals surface area contributed by atoms with Crippen molar-refractivity contribution in [3.05, 3.63) is 23.8 Å². The molecule has 2 heterocycles. The largest absolute Gasteiger partial charge is 0.490 e. The Morgan fingerprint density at radius 3 is 2.62 bits per heavy atom. The lowest BCUT2D eigenvalue weighted by Crippen LogP contribution is -2.47. The number of rotatable bonds is 3. The van der Waals surface area contributed by atoms with Gasteiger partial charge in [-0.25, -0.2) is 0 Å². The summed E-state index contributed by atoms with van der Waals surface area (Å²) in [5, 5.41) is 12.8. The number of piperazine rings is 1. The van der Waals surface area contributed by atoms with E-state index in [1.54, 1.807) is 0 Å². The van der Waals surface area contributed by atoms with Crippen molar-refractivity contribution in [2.45, 2.75) is 12.5 Å². The molecule has 114 valence electrons. The van der Waals surface area contributed by atoms with Gasteiger partial charge in [-0.05, 0) is 17.7 Å². The van der Waals surface area contributed by atoms with Crippen molar-refractivity contribution in [2.75, 3.05) is 39.4 Å². The van der Waals surface area contributed by atoms with Gasteiger partial charge in [0.25, 0.3) is 0 Å². The number of aliphatic carboxylic acids is 1. The maximum absolute atomic E-state index is 11.7. The van der Waals surface area contributed by atoms with E-state index in [9.17, 15) is 9.90 Å². The zero-order valence-corrected chi connectivity index (χ0v) is 11.9. The number of hydrogen-bond donors (Lipinski definition) is 2. The topological polar surface area (TPSA) is 71.0 Å². The van der Waals surface area contributed by atoms with E-state index in [4.69, 9.17) is 9.47 Å². The standard InChI is InChI=1S/C15H20N2O4/c18-15(19)14(17-6-4-16-5-7-17)11-2-3-12-13(10-11)21-9-1-8-20-12/h2-3,10,14,16H,1,4-9H2,(H,18,19). The molecule has 1 fully saturated rings. The number of carboxylic acid groups (broad SMARTS) is 1. The fraction of sp³-hybridized carbons (Fsp3) is 0.533. The average molecular weight is 292 g/mol. The molecule has 1 saturated heterocycles. The molecule has 0 spiro atoms. The fourth-order valence-electron chi connectivity index (χ4n) is 2.80. The van der Waals surface area contributed by atoms with E-state index in [0.717, 1.165) is 38.2 Å². The summed E-state index contributed by atoms with van der Waals surface area (Å²) in [7, 11) is 0. The number of carboxylic acids is 1. The van der Waals surface area contributed by atoms with Crippen LogP contribution in [0.4, 0.5) is 0 Å². The summed E-state index contributed by atoms with van der Waals surface area (Å²) in [4.78, 5) is 13.7. The summed E-state index contributed by atoms with van der Waals surface area (Å²) in [6, 6.07) is 4.81. The minimum atomic E-state index is -0.827. The zero-order chi connectivity index (χ0) is 14.7. The van der Waals surface area contributed by atoms with E-state index < -0.39 is 12.0 Å². The molecule has 21 heavy (non-hydrogen) atoms. The Morgan fingerprint density at radius 2 is 1.90 bits per heavy atom. The molecule has 1 unspecified atom stereocenters. The monoisotopic (exact) mass is 292 g/mol. The van der Waals surface area contributed by atoms with Crippen LogP contribution in [-0.2, 0) is 4.79 Å². The van der Waals surface area contributed by atoms with Gasteiger partial charge < -0.3 is 19.9 Å². The van der Waals surface area contributed by atoms with Crippen molar-refractivity contribution in [1.29, 1.82) is 0 Å². The molecule has 1 aromatic carbocycles. The van der Waals surface area contributed by atoms with Gasteiger partial charge in [0, 0.05) is 32.6 Å². The number of fused-ring (bicyclic) bond motifs is 1. The van der Waals surface area contributed by atoms with Crippen molar-refractivity contribution < 1.29 is 19.4 Å². The van der Waals surface area contributed by atoms with E-state index in [-0.39, 0.29) is 0 Å². The highest BCUT2D eigenvalue weighted by Gasteiger charge is 2.29. The predicted molar refractivity (Wildman–Crippen MR) is 76.9 cm³/mol. The second-order valence-electron chi connectivity index (χ2n) is 5.28. The van der Waals surface area contributed by atoms with Crippen LogP contribution in [-0.4, -0.2) is 55.4 Å². The van der Waals surface area contributed by atoms with Crippen LogP contribution in [0.15, 0.2) is 18.2 Å². The van der Waals surface area contributed by atoms with Gasteiger partial charge in [-0.15, -0.1) is 0 Å². The van der Waals surface area contributed by atoms with Crippen LogP contribution < -0.4 is 14.8 Å². The normalized spacial score (nSPS) is 20.6. The molecule has 2 aliphatic heterocycles. The summed E-state index contributed by atoms with van der Waals surface area (Å²) in [6.45, 7) is 4.31. The molecule has 1 atom stereocenters. The Hall–Kier alpha value is -1.79. The highest BCUT2D eigenvalue weighted by atomic mass is 16.5. The fourth-order valence-corrected chi connectivity index (χ4v) is 2.80. The summed E-state index contributed by atoms with van der Waals surface area (Å²) < 4.78 is 11.3. The zero-order valence-electron chi connectivity index (χ0n) is 11.9. The van der Waals surface area contributed by atoms with Crippen molar-refractivity contribution >= 4 is 5.97 Å². The van der Waals surface area contributed by atoms with E-state index in [0.29, 0.717) is 24.7 Å². The lowest BCUT2D eigenvalue weighted by molar-refractivity contribution is -0.143. The molecule has 6 nitrogen and oxygen atoms in total. The van der Waals surface area contributed by atoms with Crippen molar-refractivity contribution in [2.24, 2.45) is 0 Å². The SMILES string of the molecule is O=C(O)C(c1ccc2c(c1)OCCCO2)N1CCNCC1. The molecule has 0 radical (unpaired) electrons. The Balaban J connectivity index is 1.88. The van der Waals surface area contributed by atoms with E-state index in [2.05, 4.69) is 5.32 Å². The molecular weight excluding hydrogens is 272 g/mol. The second-order valence-corrected chi connectivity index (χ2v) is 5.28. The highest BCUT2D eigenvalue weighted by molar-refractivity contribution is 5.76. The summed E-state index contributed by atoms with van der Waals surface area (Å²) in [6.07, 6.45) is 0.837. The van der Waals surface area contributed by atoms with Gasteiger partial charge >= 0.3 is 5.97 Å². The minimum Gasteiger partial charge on any atom is -0.490 e. The van der Waals surface area contributed by atoms with Crippen LogP contribution in [0.2, 0.25) is 0 Å². The van der Waals surface area contributed by atoms with Gasteiger partial charge in [-0.1, -0.05) is 6.07 Å². The van der Waals surface area contributed by atoms with E-state index >= 15 is 0 Å². The van der Waals surface area contributed by atoms with Crippen LogP contribution in [0.1, 0.15) is 18.0 Å². The third-order valence-electron chi connectivity index (χ3n) is 3.84. The number of nitrogens with one attached hydrogen (secondary N) is 1. The highest BCUT2D eigenvalue weighted by Crippen LogP contribution is 2.34. The number of benzene rings is 1. The smallest absolute Gasteiger partial charge is 0.325 e. The Labute approximate surface area is 123 Å². The Kier molecular flexibility index (Phi) is 4.26. The second kappa shape index (κ2) is 6.32. The first-order valence-electron chi connectivity index (χ1n) is 7.33. The minimum absolute atomic E-state index is 0.599. The van der Waals surface area contributed by atoms with Gasteiger partial charge in [0.15, 0.2) is 11.5 Å². The summed E-state index contributed by atoms with van der Waals surface area (Å²) >= 11 is 0. The molecule has 6 heteroatoms. The van der Waals surface area contributed by atoms with Gasteiger partial charge in [0.2, 0.25) is 0 Å². The maximum Gasteiger partial charge on any atom is 0.325 e. The number of nitrogens with zero attached hydrogens (tertiary/aromatic N) is 1. The van der Waals surface area contributed by atoms with Gasteiger partial charge in [-0.2, -0.15) is 0 Å². The first kappa shape index (κ1) is 14.2. The summed E-state index contributed by atoms with van der Waals surface area (Å²) in [5.74, 6) is 0.512. The molecule has 2 N–H and O–H groups in total. The van der Waals surface area contributed by atoms with Crippen LogP contribution >= 0.6 is 0 Å². The lowest BCUT2D eigenvalue weighted by Gasteiger charge is -2.32. The molecule has 0 saturated carbocycles. The van der Waals surface area contributed by atoms with Crippen molar-refractivity contribution in [1.82, 2.24) is 10.2 Å². The summed E-state index contributed by atoms with van der Waals surface area (Å²) in [5.41, 5.74) is 0.744. The van der Waals surface area contributed by atoms with E-state index in [1.807, 2.05) is 23.1 Å². The van der Waals surface area contributed by atoms with Crippen molar-refractivity contribution in [3.8, 4) is 11.5 Å². The molecule has 0 aromatic heterocycles. The predicted octanol–water partition coefficient (Wildman–Crippen LogP) is 0.879. The van der Waals surface area contributed by atoms with Crippen molar-refractivity contribution in [3.63, 3.8) is 0 Å². The third-order valence-corrected chi connectivity index (χ3v) is 3.84. The van der Waals surface area contributed by atoms with Gasteiger partial charge in [0.1, 0.15) is 6.04 Å². The number of ether oxygens (including phenoxy) is 2. The average Bonchev–Trinajstić information content (AvgIpc) is 2.73. The van der Waals surface area contributed by atoms with Gasteiger partial charge in [-0.3, -0.25) is 9.69 Å². The van der Waals surface area contributed by atoms with E-state index in [1.165, 1.54) is 0 Å². The Bertz CT molecular complexity index is 514.